The van der Waals surface area contributed by atoms with Crippen molar-refractivity contribution in [3.8, 4) is 0 Å². The van der Waals surface area contributed by atoms with Crippen molar-refractivity contribution in [1.29, 1.82) is 0 Å². The first-order chi connectivity index (χ1) is 9.03. The van der Waals surface area contributed by atoms with Gasteiger partial charge < -0.3 is 9.84 Å². The number of rotatable bonds is 4. The Balaban J connectivity index is 2.16. The number of hydrogen-bond donors (Lipinski definition) is 2. The second-order valence-electron chi connectivity index (χ2n) is 4.42. The molecule has 0 aliphatic carbocycles. The number of benzene rings is 1. The van der Waals surface area contributed by atoms with Crippen LogP contribution in [0.25, 0.3) is 0 Å². The molecular formula is C12H16ClNO4S. The second kappa shape index (κ2) is 6.19. The molecule has 19 heavy (non-hydrogen) atoms. The summed E-state index contributed by atoms with van der Waals surface area (Å²) in [5.74, 6) is 0. The summed E-state index contributed by atoms with van der Waals surface area (Å²) in [4.78, 5) is 0.112. The van der Waals surface area contributed by atoms with Gasteiger partial charge in [0.15, 0.2) is 0 Å². The predicted molar refractivity (Wildman–Crippen MR) is 71.5 cm³/mol. The molecule has 5 nitrogen and oxygen atoms in total. The molecule has 1 aromatic rings. The van der Waals surface area contributed by atoms with Crippen LogP contribution in [-0.2, 0) is 21.4 Å². The molecule has 106 valence electrons. The van der Waals surface area contributed by atoms with E-state index in [1.54, 1.807) is 0 Å². The molecular weight excluding hydrogens is 290 g/mol. The quantitative estimate of drug-likeness (QED) is 0.879. The lowest BCUT2D eigenvalue weighted by molar-refractivity contribution is 0.0832. The minimum atomic E-state index is -3.58. The van der Waals surface area contributed by atoms with Crippen LogP contribution >= 0.6 is 11.6 Å². The summed E-state index contributed by atoms with van der Waals surface area (Å²) in [7, 11) is -3.58. The van der Waals surface area contributed by atoms with Gasteiger partial charge in [-0.15, -0.1) is 0 Å². The number of aliphatic hydroxyl groups is 1. The van der Waals surface area contributed by atoms with Gasteiger partial charge in [0.05, 0.1) is 11.5 Å². The van der Waals surface area contributed by atoms with Crippen molar-refractivity contribution >= 4 is 21.6 Å². The molecule has 2 rings (SSSR count). The van der Waals surface area contributed by atoms with Crippen LogP contribution in [0.3, 0.4) is 0 Å². The average Bonchev–Trinajstić information content (AvgIpc) is 2.39. The zero-order chi connectivity index (χ0) is 13.9. The fourth-order valence-electron chi connectivity index (χ4n) is 1.93. The molecule has 7 heteroatoms. The molecule has 2 N–H and O–H groups in total. The fraction of sp³-hybridized carbons (Fsp3) is 0.500. The largest absolute Gasteiger partial charge is 0.392 e. The maximum absolute atomic E-state index is 12.2. The van der Waals surface area contributed by atoms with E-state index < -0.39 is 10.0 Å². The standard InChI is InChI=1S/C12H16ClNO4S/c13-12-7-11(2-1-9(12)8-15)19(16,17)14-10-3-5-18-6-4-10/h1-2,7,10,14-15H,3-6,8H2. The van der Waals surface area contributed by atoms with E-state index in [1.807, 2.05) is 0 Å². The van der Waals surface area contributed by atoms with Crippen molar-refractivity contribution in [2.75, 3.05) is 13.2 Å². The van der Waals surface area contributed by atoms with Crippen molar-refractivity contribution < 1.29 is 18.3 Å². The van der Waals surface area contributed by atoms with Crippen molar-refractivity contribution in [3.63, 3.8) is 0 Å². The van der Waals surface area contributed by atoms with Gasteiger partial charge in [0.25, 0.3) is 0 Å². The average molecular weight is 306 g/mol. The lowest BCUT2D eigenvalue weighted by atomic mass is 10.1. The van der Waals surface area contributed by atoms with Crippen LogP contribution in [0, 0.1) is 0 Å². The Morgan fingerprint density at radius 1 is 1.37 bits per heavy atom. The van der Waals surface area contributed by atoms with Crippen LogP contribution in [0.5, 0.6) is 0 Å². The van der Waals surface area contributed by atoms with Gasteiger partial charge in [0.2, 0.25) is 10.0 Å². The first-order valence-electron chi connectivity index (χ1n) is 6.02. The van der Waals surface area contributed by atoms with E-state index >= 15 is 0 Å². The highest BCUT2D eigenvalue weighted by atomic mass is 35.5. The Labute approximate surface area is 117 Å². The van der Waals surface area contributed by atoms with E-state index in [0.29, 0.717) is 31.6 Å². The van der Waals surface area contributed by atoms with Crippen LogP contribution in [0.4, 0.5) is 0 Å². The first kappa shape index (κ1) is 14.7. The minimum absolute atomic E-state index is 0.102. The molecule has 1 aliphatic heterocycles. The van der Waals surface area contributed by atoms with Gasteiger partial charge in [-0.05, 0) is 30.5 Å². The molecule has 0 atom stereocenters. The zero-order valence-corrected chi connectivity index (χ0v) is 11.9. The summed E-state index contributed by atoms with van der Waals surface area (Å²) in [5, 5.41) is 9.26. The Bertz CT molecular complexity index is 541. The van der Waals surface area contributed by atoms with Gasteiger partial charge in [-0.3, -0.25) is 0 Å². The van der Waals surface area contributed by atoms with Crippen LogP contribution in [0.15, 0.2) is 23.1 Å². The van der Waals surface area contributed by atoms with Gasteiger partial charge in [-0.2, -0.15) is 0 Å². The maximum Gasteiger partial charge on any atom is 0.240 e. The molecule has 0 spiro atoms. The monoisotopic (exact) mass is 305 g/mol. The van der Waals surface area contributed by atoms with E-state index in [-0.39, 0.29) is 22.6 Å². The van der Waals surface area contributed by atoms with Gasteiger partial charge in [0, 0.05) is 24.3 Å². The lowest BCUT2D eigenvalue weighted by Gasteiger charge is -2.23. The number of ether oxygens (including phenoxy) is 1. The number of sulfonamides is 1. The van der Waals surface area contributed by atoms with Crippen LogP contribution < -0.4 is 4.72 Å². The summed E-state index contributed by atoms with van der Waals surface area (Å²) in [6.45, 7) is 0.918. The van der Waals surface area contributed by atoms with Gasteiger partial charge in [0.1, 0.15) is 0 Å². The lowest BCUT2D eigenvalue weighted by Crippen LogP contribution is -2.38. The second-order valence-corrected chi connectivity index (χ2v) is 6.54. The number of nitrogens with one attached hydrogen (secondary N) is 1. The molecule has 1 heterocycles. The van der Waals surface area contributed by atoms with Crippen molar-refractivity contribution in [3.05, 3.63) is 28.8 Å². The Kier molecular flexibility index (Phi) is 4.81. The Morgan fingerprint density at radius 3 is 2.63 bits per heavy atom. The fourth-order valence-corrected chi connectivity index (χ4v) is 3.56. The van der Waals surface area contributed by atoms with Crippen molar-refractivity contribution in [2.24, 2.45) is 0 Å². The van der Waals surface area contributed by atoms with Crippen molar-refractivity contribution in [2.45, 2.75) is 30.4 Å². The SMILES string of the molecule is O=S(=O)(NC1CCOCC1)c1ccc(CO)c(Cl)c1. The third kappa shape index (κ3) is 3.67. The van der Waals surface area contributed by atoms with E-state index in [4.69, 9.17) is 21.4 Å². The number of halogens is 1. The number of hydrogen-bond acceptors (Lipinski definition) is 4. The molecule has 1 saturated heterocycles. The summed E-state index contributed by atoms with van der Waals surface area (Å²) in [6, 6.07) is 4.21. The Morgan fingerprint density at radius 2 is 2.05 bits per heavy atom. The van der Waals surface area contributed by atoms with E-state index in [0.717, 1.165) is 0 Å². The van der Waals surface area contributed by atoms with Crippen LogP contribution in [-0.4, -0.2) is 32.8 Å². The van der Waals surface area contributed by atoms with Gasteiger partial charge >= 0.3 is 0 Å². The zero-order valence-electron chi connectivity index (χ0n) is 10.3. The third-order valence-electron chi connectivity index (χ3n) is 3.05. The molecule has 0 saturated carbocycles. The molecule has 0 radical (unpaired) electrons. The molecule has 1 aromatic carbocycles. The molecule has 1 aliphatic rings. The first-order valence-corrected chi connectivity index (χ1v) is 7.88. The van der Waals surface area contributed by atoms with Crippen molar-refractivity contribution in [1.82, 2.24) is 4.72 Å². The molecule has 1 fully saturated rings. The van der Waals surface area contributed by atoms with Gasteiger partial charge in [-0.25, -0.2) is 13.1 Å². The van der Waals surface area contributed by atoms with E-state index in [2.05, 4.69) is 4.72 Å². The predicted octanol–water partition coefficient (Wildman–Crippen LogP) is 1.29. The smallest absolute Gasteiger partial charge is 0.240 e. The van der Waals surface area contributed by atoms with Crippen LogP contribution in [0.2, 0.25) is 5.02 Å². The topological polar surface area (TPSA) is 75.6 Å². The normalized spacial score (nSPS) is 17.6. The Hall–Kier alpha value is -0.660. The highest BCUT2D eigenvalue weighted by Crippen LogP contribution is 2.21. The minimum Gasteiger partial charge on any atom is -0.392 e. The molecule has 0 amide bonds. The molecule has 0 unspecified atom stereocenters. The molecule has 0 aromatic heterocycles. The maximum atomic E-state index is 12.2. The summed E-state index contributed by atoms with van der Waals surface area (Å²) < 4.78 is 32.2. The highest BCUT2D eigenvalue weighted by Gasteiger charge is 2.22. The summed E-state index contributed by atoms with van der Waals surface area (Å²) in [6.07, 6.45) is 1.34. The third-order valence-corrected chi connectivity index (χ3v) is 4.92. The summed E-state index contributed by atoms with van der Waals surface area (Å²) >= 11 is 5.91. The highest BCUT2D eigenvalue weighted by molar-refractivity contribution is 7.89. The van der Waals surface area contributed by atoms with Crippen LogP contribution in [0.1, 0.15) is 18.4 Å². The summed E-state index contributed by atoms with van der Waals surface area (Å²) in [5.41, 5.74) is 0.506. The number of aliphatic hydroxyl groups excluding tert-OH is 1. The molecule has 0 bridgehead atoms. The van der Waals surface area contributed by atoms with E-state index in [9.17, 15) is 8.42 Å². The van der Waals surface area contributed by atoms with E-state index in [1.165, 1.54) is 18.2 Å². The van der Waals surface area contributed by atoms with Gasteiger partial charge in [-0.1, -0.05) is 17.7 Å².